The number of ether oxygens (including phenoxy) is 1. The number of hydrogen-bond acceptors (Lipinski definition) is 4. The maximum absolute atomic E-state index is 5.98. The van der Waals surface area contributed by atoms with Crippen LogP contribution in [0, 0.1) is 0 Å². The van der Waals surface area contributed by atoms with Gasteiger partial charge in [0.1, 0.15) is 5.75 Å². The minimum absolute atomic E-state index is 0.0592. The number of likely N-dealkylation sites (N-methyl/N-ethyl adjacent to an activating group) is 2. The summed E-state index contributed by atoms with van der Waals surface area (Å²) in [7, 11) is 4.30. The van der Waals surface area contributed by atoms with Gasteiger partial charge in [-0.15, -0.1) is 0 Å². The molecular formula is C14H23N3O. The summed E-state index contributed by atoms with van der Waals surface area (Å²) in [6.07, 6.45) is 0.0592. The molecule has 1 unspecified atom stereocenters. The van der Waals surface area contributed by atoms with Gasteiger partial charge in [-0.05, 0) is 26.2 Å². The Kier molecular flexibility index (Phi) is 4.99. The number of nitrogens with one attached hydrogen (secondary N) is 1. The molecule has 18 heavy (non-hydrogen) atoms. The number of benzene rings is 1. The van der Waals surface area contributed by atoms with Crippen molar-refractivity contribution in [3.05, 3.63) is 30.3 Å². The lowest BCUT2D eigenvalue weighted by Crippen LogP contribution is -2.44. The van der Waals surface area contributed by atoms with Gasteiger partial charge < -0.3 is 14.5 Å². The van der Waals surface area contributed by atoms with E-state index in [1.54, 1.807) is 0 Å². The van der Waals surface area contributed by atoms with E-state index in [1.807, 2.05) is 30.3 Å². The molecule has 1 aliphatic heterocycles. The number of hydrogen-bond donors (Lipinski definition) is 1. The summed E-state index contributed by atoms with van der Waals surface area (Å²) in [4.78, 5) is 4.65. The van der Waals surface area contributed by atoms with Crippen molar-refractivity contribution in [2.75, 3.05) is 46.8 Å². The molecule has 2 rings (SSSR count). The quantitative estimate of drug-likeness (QED) is 0.841. The molecule has 1 heterocycles. The van der Waals surface area contributed by atoms with Gasteiger partial charge in [-0.25, -0.2) is 0 Å². The van der Waals surface area contributed by atoms with Crippen LogP contribution >= 0.6 is 0 Å². The Hall–Kier alpha value is -1.10. The van der Waals surface area contributed by atoms with E-state index in [2.05, 4.69) is 29.2 Å². The van der Waals surface area contributed by atoms with Crippen molar-refractivity contribution in [3.63, 3.8) is 0 Å². The van der Waals surface area contributed by atoms with Crippen LogP contribution in [0.3, 0.4) is 0 Å². The highest BCUT2D eigenvalue weighted by atomic mass is 16.5. The molecule has 1 fully saturated rings. The van der Waals surface area contributed by atoms with E-state index < -0.39 is 0 Å². The summed E-state index contributed by atoms with van der Waals surface area (Å²) < 4.78 is 5.98. The van der Waals surface area contributed by atoms with Crippen LogP contribution in [-0.4, -0.2) is 62.8 Å². The molecular weight excluding hydrogens is 226 g/mol. The second kappa shape index (κ2) is 6.73. The second-order valence-corrected chi connectivity index (χ2v) is 4.94. The monoisotopic (exact) mass is 249 g/mol. The average molecular weight is 249 g/mol. The van der Waals surface area contributed by atoms with Crippen LogP contribution in [-0.2, 0) is 0 Å². The van der Waals surface area contributed by atoms with Crippen molar-refractivity contribution in [2.45, 2.75) is 6.23 Å². The lowest BCUT2D eigenvalue weighted by molar-refractivity contribution is 0.123. The fourth-order valence-electron chi connectivity index (χ4n) is 2.05. The Bertz CT molecular complexity index is 344. The number of para-hydroxylation sites is 1. The van der Waals surface area contributed by atoms with Gasteiger partial charge >= 0.3 is 0 Å². The van der Waals surface area contributed by atoms with Gasteiger partial charge in [0.15, 0.2) is 6.23 Å². The van der Waals surface area contributed by atoms with Crippen molar-refractivity contribution in [3.8, 4) is 5.75 Å². The first-order chi connectivity index (χ1) is 8.74. The van der Waals surface area contributed by atoms with Gasteiger partial charge in [0.2, 0.25) is 0 Å². The molecule has 4 nitrogen and oxygen atoms in total. The topological polar surface area (TPSA) is 27.7 Å². The van der Waals surface area contributed by atoms with Gasteiger partial charge in [-0.2, -0.15) is 0 Å². The van der Waals surface area contributed by atoms with Crippen LogP contribution in [0.5, 0.6) is 5.75 Å². The fourth-order valence-corrected chi connectivity index (χ4v) is 2.05. The fraction of sp³-hybridized carbons (Fsp3) is 0.571. The smallest absolute Gasteiger partial charge is 0.163 e. The Morgan fingerprint density at radius 2 is 1.78 bits per heavy atom. The lowest BCUT2D eigenvalue weighted by atomic mass is 10.3. The second-order valence-electron chi connectivity index (χ2n) is 4.94. The molecule has 0 aromatic heterocycles. The molecule has 1 aliphatic rings. The number of nitrogens with zero attached hydrogens (tertiary/aromatic N) is 2. The summed E-state index contributed by atoms with van der Waals surface area (Å²) in [6, 6.07) is 10.0. The van der Waals surface area contributed by atoms with Crippen LogP contribution in [0.4, 0.5) is 0 Å². The molecule has 0 saturated carbocycles. The van der Waals surface area contributed by atoms with Crippen molar-refractivity contribution >= 4 is 0 Å². The van der Waals surface area contributed by atoms with E-state index in [4.69, 9.17) is 4.74 Å². The highest BCUT2D eigenvalue weighted by Gasteiger charge is 2.15. The van der Waals surface area contributed by atoms with Gasteiger partial charge in [0.25, 0.3) is 0 Å². The average Bonchev–Trinajstić information content (AvgIpc) is 2.43. The summed E-state index contributed by atoms with van der Waals surface area (Å²) in [5, 5.41) is 3.47. The summed E-state index contributed by atoms with van der Waals surface area (Å²) in [5.41, 5.74) is 0. The van der Waals surface area contributed by atoms with Gasteiger partial charge in [0.05, 0.1) is 0 Å². The molecule has 4 heteroatoms. The van der Waals surface area contributed by atoms with Crippen molar-refractivity contribution < 1.29 is 4.74 Å². The normalized spacial score (nSPS) is 24.0. The predicted octanol–water partition coefficient (Wildman–Crippen LogP) is 0.858. The Morgan fingerprint density at radius 1 is 1.06 bits per heavy atom. The SMILES string of the molecule is CN1CCNC(Oc2ccccc2)CN(C)CC1. The zero-order valence-corrected chi connectivity index (χ0v) is 11.3. The van der Waals surface area contributed by atoms with E-state index in [9.17, 15) is 0 Å². The number of rotatable bonds is 2. The molecule has 1 N–H and O–H groups in total. The van der Waals surface area contributed by atoms with Crippen molar-refractivity contribution in [2.24, 2.45) is 0 Å². The maximum atomic E-state index is 5.98. The predicted molar refractivity (Wildman–Crippen MR) is 73.9 cm³/mol. The Balaban J connectivity index is 1.93. The van der Waals surface area contributed by atoms with E-state index in [0.29, 0.717) is 0 Å². The zero-order chi connectivity index (χ0) is 12.8. The minimum Gasteiger partial charge on any atom is -0.474 e. The third-order valence-electron chi connectivity index (χ3n) is 3.23. The molecule has 1 atom stereocenters. The van der Waals surface area contributed by atoms with Gasteiger partial charge in [-0.3, -0.25) is 5.32 Å². The molecule has 1 aromatic carbocycles. The zero-order valence-electron chi connectivity index (χ0n) is 11.3. The molecule has 1 aromatic rings. The van der Waals surface area contributed by atoms with Crippen molar-refractivity contribution in [1.29, 1.82) is 0 Å². The van der Waals surface area contributed by atoms with E-state index in [1.165, 1.54) is 0 Å². The van der Waals surface area contributed by atoms with Crippen LogP contribution in [0.2, 0.25) is 0 Å². The van der Waals surface area contributed by atoms with Crippen molar-refractivity contribution in [1.82, 2.24) is 15.1 Å². The first kappa shape index (κ1) is 13.3. The summed E-state index contributed by atoms with van der Waals surface area (Å²) in [5.74, 6) is 0.927. The molecule has 0 spiro atoms. The summed E-state index contributed by atoms with van der Waals surface area (Å²) >= 11 is 0. The Morgan fingerprint density at radius 3 is 2.56 bits per heavy atom. The minimum atomic E-state index is 0.0592. The molecule has 0 radical (unpaired) electrons. The van der Waals surface area contributed by atoms with Crippen LogP contribution in [0.25, 0.3) is 0 Å². The third-order valence-corrected chi connectivity index (χ3v) is 3.23. The largest absolute Gasteiger partial charge is 0.474 e. The standard InChI is InChI=1S/C14H23N3O/c1-16-9-8-15-14(12-17(2)11-10-16)18-13-6-4-3-5-7-13/h3-7,14-15H,8-12H2,1-2H3. The molecule has 0 amide bonds. The van der Waals surface area contributed by atoms with Crippen LogP contribution in [0.15, 0.2) is 30.3 Å². The molecule has 1 saturated heterocycles. The highest BCUT2D eigenvalue weighted by Crippen LogP contribution is 2.10. The van der Waals surface area contributed by atoms with E-state index >= 15 is 0 Å². The van der Waals surface area contributed by atoms with E-state index in [-0.39, 0.29) is 6.23 Å². The lowest BCUT2D eigenvalue weighted by Gasteiger charge is -2.24. The van der Waals surface area contributed by atoms with Crippen LogP contribution < -0.4 is 10.1 Å². The highest BCUT2D eigenvalue weighted by molar-refractivity contribution is 5.21. The maximum Gasteiger partial charge on any atom is 0.163 e. The Labute approximate surface area is 110 Å². The van der Waals surface area contributed by atoms with Gasteiger partial charge in [-0.1, -0.05) is 18.2 Å². The van der Waals surface area contributed by atoms with E-state index in [0.717, 1.165) is 38.5 Å². The third kappa shape index (κ3) is 4.29. The first-order valence-corrected chi connectivity index (χ1v) is 6.56. The van der Waals surface area contributed by atoms with Gasteiger partial charge in [0, 0.05) is 32.7 Å². The summed E-state index contributed by atoms with van der Waals surface area (Å²) in [6.45, 7) is 5.11. The molecule has 0 aliphatic carbocycles. The molecule has 100 valence electrons. The molecule has 0 bridgehead atoms. The first-order valence-electron chi connectivity index (χ1n) is 6.56. The van der Waals surface area contributed by atoms with Crippen LogP contribution in [0.1, 0.15) is 0 Å².